The number of rotatable bonds is 1. The van der Waals surface area contributed by atoms with Crippen molar-refractivity contribution in [1.82, 2.24) is 14.5 Å². The van der Waals surface area contributed by atoms with Gasteiger partial charge in [-0.1, -0.05) is 0 Å². The quantitative estimate of drug-likeness (QED) is 0.875. The number of nitrogens with zero attached hydrogens (tertiary/aromatic N) is 3. The van der Waals surface area contributed by atoms with Crippen molar-refractivity contribution in [2.75, 3.05) is 18.9 Å². The lowest BCUT2D eigenvalue weighted by Crippen LogP contribution is -2.21. The Kier molecular flexibility index (Phi) is 2.76. The maximum absolute atomic E-state index is 5.99. The Labute approximate surface area is 107 Å². The first-order chi connectivity index (χ1) is 8.25. The van der Waals surface area contributed by atoms with Crippen molar-refractivity contribution in [3.8, 4) is 0 Å². The Bertz CT molecular complexity index is 548. The number of ether oxygens (including phenoxy) is 1. The standard InChI is InChI=1S/C11H13BrN4O/c12-7-5-9-10(14-6-7)16(11(13)15-9)8-1-3-17-4-2-8/h5-6,8H,1-4H2,(H2,13,15). The van der Waals surface area contributed by atoms with Gasteiger partial charge in [0.1, 0.15) is 5.52 Å². The van der Waals surface area contributed by atoms with E-state index >= 15 is 0 Å². The highest BCUT2D eigenvalue weighted by atomic mass is 79.9. The van der Waals surface area contributed by atoms with Gasteiger partial charge in [0.25, 0.3) is 0 Å². The highest BCUT2D eigenvalue weighted by Gasteiger charge is 2.21. The molecule has 17 heavy (non-hydrogen) atoms. The van der Waals surface area contributed by atoms with Crippen LogP contribution in [-0.2, 0) is 4.74 Å². The Morgan fingerprint density at radius 2 is 2.18 bits per heavy atom. The van der Waals surface area contributed by atoms with Gasteiger partial charge in [0.15, 0.2) is 5.65 Å². The number of nitrogen functional groups attached to an aromatic ring is 1. The van der Waals surface area contributed by atoms with Crippen LogP contribution in [-0.4, -0.2) is 27.7 Å². The molecule has 1 saturated heterocycles. The third-order valence-electron chi connectivity index (χ3n) is 3.08. The van der Waals surface area contributed by atoms with Gasteiger partial charge in [0.05, 0.1) is 0 Å². The molecule has 0 aliphatic carbocycles. The van der Waals surface area contributed by atoms with E-state index in [1.165, 1.54) is 0 Å². The molecule has 1 aliphatic rings. The van der Waals surface area contributed by atoms with Gasteiger partial charge in [0, 0.05) is 29.9 Å². The summed E-state index contributed by atoms with van der Waals surface area (Å²) in [6.45, 7) is 1.56. The Morgan fingerprint density at radius 3 is 2.94 bits per heavy atom. The third-order valence-corrected chi connectivity index (χ3v) is 3.51. The first-order valence-electron chi connectivity index (χ1n) is 5.62. The highest BCUT2D eigenvalue weighted by molar-refractivity contribution is 9.10. The van der Waals surface area contributed by atoms with E-state index in [1.54, 1.807) is 6.20 Å². The number of halogens is 1. The number of anilines is 1. The SMILES string of the molecule is Nc1nc2cc(Br)cnc2n1C1CCOCC1. The highest BCUT2D eigenvalue weighted by Crippen LogP contribution is 2.28. The third kappa shape index (κ3) is 1.91. The molecular formula is C11H13BrN4O. The molecule has 6 heteroatoms. The smallest absolute Gasteiger partial charge is 0.202 e. The van der Waals surface area contributed by atoms with E-state index in [-0.39, 0.29) is 0 Å². The second-order valence-corrected chi connectivity index (χ2v) is 5.10. The molecule has 0 unspecified atom stereocenters. The number of nitrogens with two attached hydrogens (primary N) is 1. The summed E-state index contributed by atoms with van der Waals surface area (Å²) in [5.74, 6) is 0.539. The molecule has 1 aliphatic heterocycles. The van der Waals surface area contributed by atoms with E-state index in [0.717, 1.165) is 41.7 Å². The van der Waals surface area contributed by atoms with Crippen molar-refractivity contribution in [3.05, 3.63) is 16.7 Å². The van der Waals surface area contributed by atoms with Crippen LogP contribution in [0.5, 0.6) is 0 Å². The molecule has 3 heterocycles. The molecular weight excluding hydrogens is 284 g/mol. The van der Waals surface area contributed by atoms with E-state index in [9.17, 15) is 0 Å². The van der Waals surface area contributed by atoms with Crippen LogP contribution in [0.4, 0.5) is 5.95 Å². The van der Waals surface area contributed by atoms with E-state index in [2.05, 4.69) is 25.9 Å². The fourth-order valence-electron chi connectivity index (χ4n) is 2.28. The lowest BCUT2D eigenvalue weighted by Gasteiger charge is -2.24. The second kappa shape index (κ2) is 4.27. The van der Waals surface area contributed by atoms with Crippen molar-refractivity contribution >= 4 is 33.0 Å². The molecule has 0 bridgehead atoms. The zero-order valence-electron chi connectivity index (χ0n) is 9.27. The van der Waals surface area contributed by atoms with Crippen molar-refractivity contribution in [3.63, 3.8) is 0 Å². The van der Waals surface area contributed by atoms with Crippen LogP contribution in [0.1, 0.15) is 18.9 Å². The van der Waals surface area contributed by atoms with Crippen molar-refractivity contribution in [2.45, 2.75) is 18.9 Å². The molecule has 2 aromatic heterocycles. The predicted octanol–water partition coefficient (Wildman–Crippen LogP) is 2.13. The Hall–Kier alpha value is -1.14. The maximum atomic E-state index is 5.99. The Balaban J connectivity index is 2.11. The van der Waals surface area contributed by atoms with Gasteiger partial charge in [-0.2, -0.15) is 0 Å². The van der Waals surface area contributed by atoms with Crippen molar-refractivity contribution in [1.29, 1.82) is 0 Å². The van der Waals surface area contributed by atoms with Gasteiger partial charge in [0.2, 0.25) is 5.95 Å². The monoisotopic (exact) mass is 296 g/mol. The topological polar surface area (TPSA) is 66.0 Å². The summed E-state index contributed by atoms with van der Waals surface area (Å²) >= 11 is 3.39. The van der Waals surface area contributed by atoms with Crippen molar-refractivity contribution in [2.24, 2.45) is 0 Å². The lowest BCUT2D eigenvalue weighted by atomic mass is 10.1. The normalized spacial score (nSPS) is 17.7. The van der Waals surface area contributed by atoms with Crippen molar-refractivity contribution < 1.29 is 4.74 Å². The summed E-state index contributed by atoms with van der Waals surface area (Å²) in [5, 5.41) is 0. The molecule has 0 atom stereocenters. The molecule has 0 spiro atoms. The van der Waals surface area contributed by atoms with Gasteiger partial charge in [-0.05, 0) is 34.8 Å². The largest absolute Gasteiger partial charge is 0.381 e. The average Bonchev–Trinajstić information content (AvgIpc) is 2.65. The molecule has 1 fully saturated rings. The number of hydrogen-bond acceptors (Lipinski definition) is 4. The van der Waals surface area contributed by atoms with E-state index in [4.69, 9.17) is 10.5 Å². The molecule has 5 nitrogen and oxygen atoms in total. The van der Waals surface area contributed by atoms with Crippen LogP contribution >= 0.6 is 15.9 Å². The zero-order valence-corrected chi connectivity index (χ0v) is 10.9. The number of pyridine rings is 1. The molecule has 2 N–H and O–H groups in total. The summed E-state index contributed by atoms with van der Waals surface area (Å²) in [4.78, 5) is 8.77. The van der Waals surface area contributed by atoms with E-state index in [1.807, 2.05) is 10.6 Å². The maximum Gasteiger partial charge on any atom is 0.202 e. The van der Waals surface area contributed by atoms with Crippen LogP contribution in [0.15, 0.2) is 16.7 Å². The van der Waals surface area contributed by atoms with E-state index < -0.39 is 0 Å². The minimum absolute atomic E-state index is 0.349. The van der Waals surface area contributed by atoms with Gasteiger partial charge in [-0.25, -0.2) is 9.97 Å². The Morgan fingerprint density at radius 1 is 1.41 bits per heavy atom. The van der Waals surface area contributed by atoms with Crippen LogP contribution in [0.3, 0.4) is 0 Å². The summed E-state index contributed by atoms with van der Waals surface area (Å²) in [6.07, 6.45) is 3.71. The van der Waals surface area contributed by atoms with E-state index in [0.29, 0.717) is 12.0 Å². The fraction of sp³-hybridized carbons (Fsp3) is 0.455. The first kappa shape index (κ1) is 11.0. The summed E-state index contributed by atoms with van der Waals surface area (Å²) in [7, 11) is 0. The molecule has 0 radical (unpaired) electrons. The fourth-order valence-corrected chi connectivity index (χ4v) is 2.60. The van der Waals surface area contributed by atoms with Crippen LogP contribution in [0.2, 0.25) is 0 Å². The van der Waals surface area contributed by atoms with Gasteiger partial charge < -0.3 is 10.5 Å². The number of hydrogen-bond donors (Lipinski definition) is 1. The second-order valence-electron chi connectivity index (χ2n) is 4.18. The van der Waals surface area contributed by atoms with Gasteiger partial charge in [-0.15, -0.1) is 0 Å². The van der Waals surface area contributed by atoms with Gasteiger partial charge in [-0.3, -0.25) is 4.57 Å². The molecule has 3 rings (SSSR count). The average molecular weight is 297 g/mol. The van der Waals surface area contributed by atoms with Crippen LogP contribution in [0, 0.1) is 0 Å². The molecule has 0 saturated carbocycles. The minimum atomic E-state index is 0.349. The molecule has 0 amide bonds. The van der Waals surface area contributed by atoms with Crippen LogP contribution < -0.4 is 5.73 Å². The number of imidazole rings is 1. The zero-order chi connectivity index (χ0) is 11.8. The molecule has 0 aromatic carbocycles. The summed E-state index contributed by atoms with van der Waals surface area (Å²) in [6, 6.07) is 2.29. The van der Waals surface area contributed by atoms with Gasteiger partial charge >= 0.3 is 0 Å². The predicted molar refractivity (Wildman–Crippen MR) is 68.7 cm³/mol. The summed E-state index contributed by atoms with van der Waals surface area (Å²) < 4.78 is 8.32. The summed E-state index contributed by atoms with van der Waals surface area (Å²) in [5.41, 5.74) is 7.69. The minimum Gasteiger partial charge on any atom is -0.381 e. The number of fused-ring (bicyclic) bond motifs is 1. The molecule has 90 valence electrons. The molecule has 2 aromatic rings. The van der Waals surface area contributed by atoms with Crippen LogP contribution in [0.25, 0.3) is 11.2 Å². The number of aromatic nitrogens is 3. The lowest BCUT2D eigenvalue weighted by molar-refractivity contribution is 0.0710. The first-order valence-corrected chi connectivity index (χ1v) is 6.41.